The van der Waals surface area contributed by atoms with E-state index >= 15 is 0 Å². The van der Waals surface area contributed by atoms with Gasteiger partial charge in [0.05, 0.1) is 13.2 Å². The second kappa shape index (κ2) is 8.29. The summed E-state index contributed by atoms with van der Waals surface area (Å²) in [6, 6.07) is 0. The third kappa shape index (κ3) is 4.73. The number of hydrogen-bond donors (Lipinski definition) is 1. The number of amides is 1. The number of hydrogen-bond acceptors (Lipinski definition) is 5. The Hall–Kier alpha value is -1.85. The van der Waals surface area contributed by atoms with Gasteiger partial charge >= 0.3 is 11.9 Å². The molecule has 0 aromatic rings. The maximum absolute atomic E-state index is 12.1. The van der Waals surface area contributed by atoms with Gasteiger partial charge in [-0.1, -0.05) is 12.2 Å². The van der Waals surface area contributed by atoms with Crippen molar-refractivity contribution in [3.8, 4) is 0 Å². The van der Waals surface area contributed by atoms with Crippen LogP contribution in [0.25, 0.3) is 0 Å². The minimum Gasteiger partial charge on any atom is -0.464 e. The van der Waals surface area contributed by atoms with Crippen molar-refractivity contribution >= 4 is 17.8 Å². The standard InChI is InChI=1S/C13H21NO5/c1-5-8-9-13(14-10(4)15,11(16)18-6-2)12(17)19-7-3/h5,8H,6-7,9H2,1-4H3,(H,14,15)/b8-5+. The highest BCUT2D eigenvalue weighted by Crippen LogP contribution is 2.17. The molecule has 0 bridgehead atoms. The molecule has 1 N–H and O–H groups in total. The fourth-order valence-corrected chi connectivity index (χ4v) is 1.51. The normalized spacial score (nSPS) is 11.2. The zero-order valence-corrected chi connectivity index (χ0v) is 11.8. The van der Waals surface area contributed by atoms with Crippen LogP contribution in [-0.2, 0) is 23.9 Å². The fourth-order valence-electron chi connectivity index (χ4n) is 1.51. The van der Waals surface area contributed by atoms with Gasteiger partial charge in [-0.3, -0.25) is 4.79 Å². The second-order valence-electron chi connectivity index (χ2n) is 3.80. The molecule has 6 heteroatoms. The SMILES string of the molecule is C/C=C/CC(NC(C)=O)(C(=O)OCC)C(=O)OCC. The zero-order chi connectivity index (χ0) is 14.9. The fraction of sp³-hybridized carbons (Fsp3) is 0.615. The van der Waals surface area contributed by atoms with Gasteiger partial charge in [-0.25, -0.2) is 9.59 Å². The number of rotatable bonds is 7. The summed E-state index contributed by atoms with van der Waals surface area (Å²) in [5, 5.41) is 2.36. The smallest absolute Gasteiger partial charge is 0.344 e. The summed E-state index contributed by atoms with van der Waals surface area (Å²) in [5.41, 5.74) is -1.82. The molecule has 0 atom stereocenters. The predicted octanol–water partition coefficient (Wildman–Crippen LogP) is 0.954. The first-order valence-electron chi connectivity index (χ1n) is 6.18. The van der Waals surface area contributed by atoms with Gasteiger partial charge in [0.2, 0.25) is 11.4 Å². The molecule has 108 valence electrons. The number of nitrogens with one attached hydrogen (secondary N) is 1. The Bertz CT molecular complexity index is 344. The first kappa shape index (κ1) is 17.2. The molecule has 0 aliphatic heterocycles. The monoisotopic (exact) mass is 271 g/mol. The van der Waals surface area contributed by atoms with Gasteiger partial charge in [0.25, 0.3) is 0 Å². The zero-order valence-electron chi connectivity index (χ0n) is 11.8. The summed E-state index contributed by atoms with van der Waals surface area (Å²) in [6.45, 7) is 6.43. The van der Waals surface area contributed by atoms with Crippen LogP contribution < -0.4 is 5.32 Å². The van der Waals surface area contributed by atoms with Crippen LogP contribution in [0.3, 0.4) is 0 Å². The lowest BCUT2D eigenvalue weighted by molar-refractivity contribution is -0.167. The van der Waals surface area contributed by atoms with Crippen LogP contribution in [0, 0.1) is 0 Å². The number of esters is 2. The highest BCUT2D eigenvalue weighted by atomic mass is 16.6. The summed E-state index contributed by atoms with van der Waals surface area (Å²) in [6.07, 6.45) is 3.26. The van der Waals surface area contributed by atoms with Crippen LogP contribution in [0.2, 0.25) is 0 Å². The largest absolute Gasteiger partial charge is 0.464 e. The third-order valence-corrected chi connectivity index (χ3v) is 2.30. The lowest BCUT2D eigenvalue weighted by Crippen LogP contribution is -2.60. The molecule has 0 fully saturated rings. The summed E-state index contributed by atoms with van der Waals surface area (Å²) in [7, 11) is 0. The maximum Gasteiger partial charge on any atom is 0.344 e. The highest BCUT2D eigenvalue weighted by molar-refractivity contribution is 6.07. The number of carbonyl (C=O) groups is 3. The molecule has 19 heavy (non-hydrogen) atoms. The van der Waals surface area contributed by atoms with Gasteiger partial charge < -0.3 is 14.8 Å². The average Bonchev–Trinajstić information content (AvgIpc) is 2.34. The van der Waals surface area contributed by atoms with Crippen LogP contribution in [0.15, 0.2) is 12.2 Å². The van der Waals surface area contributed by atoms with E-state index in [4.69, 9.17) is 9.47 Å². The lowest BCUT2D eigenvalue weighted by Gasteiger charge is -2.28. The van der Waals surface area contributed by atoms with E-state index in [0.29, 0.717) is 0 Å². The van der Waals surface area contributed by atoms with E-state index < -0.39 is 23.4 Å². The van der Waals surface area contributed by atoms with E-state index in [-0.39, 0.29) is 19.6 Å². The van der Waals surface area contributed by atoms with Crippen molar-refractivity contribution in [2.45, 2.75) is 39.7 Å². The summed E-state index contributed by atoms with van der Waals surface area (Å²) < 4.78 is 9.77. The third-order valence-electron chi connectivity index (χ3n) is 2.30. The average molecular weight is 271 g/mol. The van der Waals surface area contributed by atoms with Gasteiger partial charge in [0, 0.05) is 13.3 Å². The minimum atomic E-state index is -1.82. The van der Waals surface area contributed by atoms with Gasteiger partial charge in [-0.15, -0.1) is 0 Å². The topological polar surface area (TPSA) is 81.7 Å². The van der Waals surface area contributed by atoms with Crippen molar-refractivity contribution < 1.29 is 23.9 Å². The van der Waals surface area contributed by atoms with E-state index in [1.807, 2.05) is 0 Å². The van der Waals surface area contributed by atoms with Crippen LogP contribution in [0.5, 0.6) is 0 Å². The van der Waals surface area contributed by atoms with Crippen molar-refractivity contribution in [2.75, 3.05) is 13.2 Å². The van der Waals surface area contributed by atoms with Crippen molar-refractivity contribution in [3.63, 3.8) is 0 Å². The van der Waals surface area contributed by atoms with E-state index in [1.165, 1.54) is 6.92 Å². The summed E-state index contributed by atoms with van der Waals surface area (Å²) in [4.78, 5) is 35.4. The molecule has 0 aromatic carbocycles. The van der Waals surface area contributed by atoms with Gasteiger partial charge in [-0.05, 0) is 20.8 Å². The van der Waals surface area contributed by atoms with Crippen LogP contribution in [0.4, 0.5) is 0 Å². The highest BCUT2D eigenvalue weighted by Gasteiger charge is 2.49. The maximum atomic E-state index is 12.1. The summed E-state index contributed by atoms with van der Waals surface area (Å²) >= 11 is 0. The lowest BCUT2D eigenvalue weighted by atomic mass is 9.94. The van der Waals surface area contributed by atoms with Crippen LogP contribution in [-0.4, -0.2) is 36.6 Å². The number of carbonyl (C=O) groups excluding carboxylic acids is 3. The van der Waals surface area contributed by atoms with E-state index in [9.17, 15) is 14.4 Å². The molecular formula is C13H21NO5. The van der Waals surface area contributed by atoms with Gasteiger partial charge in [-0.2, -0.15) is 0 Å². The first-order chi connectivity index (χ1) is 8.94. The Balaban J connectivity index is 5.47. The van der Waals surface area contributed by atoms with Crippen molar-refractivity contribution in [1.29, 1.82) is 0 Å². The van der Waals surface area contributed by atoms with Crippen molar-refractivity contribution in [2.24, 2.45) is 0 Å². The molecule has 0 aromatic heterocycles. The predicted molar refractivity (Wildman–Crippen MR) is 69.2 cm³/mol. The van der Waals surface area contributed by atoms with Crippen molar-refractivity contribution in [3.05, 3.63) is 12.2 Å². The Labute approximate surface area is 113 Å². The Morgan fingerprint density at radius 3 is 1.89 bits per heavy atom. The Morgan fingerprint density at radius 1 is 1.11 bits per heavy atom. The Morgan fingerprint density at radius 2 is 1.58 bits per heavy atom. The minimum absolute atomic E-state index is 0.0131. The Kier molecular flexibility index (Phi) is 7.48. The molecule has 0 unspecified atom stereocenters. The molecule has 0 rings (SSSR count). The van der Waals surface area contributed by atoms with E-state index in [2.05, 4.69) is 5.32 Å². The molecular weight excluding hydrogens is 250 g/mol. The number of allylic oxidation sites excluding steroid dienone is 1. The van der Waals surface area contributed by atoms with Crippen LogP contribution in [0.1, 0.15) is 34.1 Å². The molecule has 0 saturated carbocycles. The van der Waals surface area contributed by atoms with Gasteiger partial charge in [0.1, 0.15) is 0 Å². The molecule has 6 nitrogen and oxygen atoms in total. The molecule has 0 saturated heterocycles. The molecule has 0 aliphatic carbocycles. The molecule has 0 aliphatic rings. The second-order valence-corrected chi connectivity index (χ2v) is 3.80. The summed E-state index contributed by atoms with van der Waals surface area (Å²) in [5.74, 6) is -2.14. The molecule has 0 spiro atoms. The molecule has 0 heterocycles. The number of ether oxygens (including phenoxy) is 2. The first-order valence-corrected chi connectivity index (χ1v) is 6.18. The molecule has 1 amide bonds. The van der Waals surface area contributed by atoms with Gasteiger partial charge in [0.15, 0.2) is 0 Å². The molecule has 0 radical (unpaired) electrons. The van der Waals surface area contributed by atoms with E-state index in [1.54, 1.807) is 32.9 Å². The van der Waals surface area contributed by atoms with Crippen LogP contribution >= 0.6 is 0 Å². The quantitative estimate of drug-likeness (QED) is 0.423. The van der Waals surface area contributed by atoms with E-state index in [0.717, 1.165) is 0 Å². The van der Waals surface area contributed by atoms with Crippen molar-refractivity contribution in [1.82, 2.24) is 5.32 Å².